The second kappa shape index (κ2) is 20.2. The largest absolute Gasteiger partial charge is 0.455 e. The van der Waals surface area contributed by atoms with Gasteiger partial charge in [-0.15, -0.1) is 0 Å². The number of nitrogens with zero attached hydrogens (tertiary/aromatic N) is 6. The number of oxazole rings is 1. The maximum atomic E-state index is 13.2. The molecule has 0 aliphatic carbocycles. The predicted octanol–water partition coefficient (Wildman–Crippen LogP) is 3.16. The van der Waals surface area contributed by atoms with Crippen LogP contribution in [0.5, 0.6) is 0 Å². The zero-order chi connectivity index (χ0) is 42.9. The number of hydrogen-bond acceptors (Lipinski definition) is 11. The first-order valence-corrected chi connectivity index (χ1v) is 21.0. The molecule has 5 amide bonds. The van der Waals surface area contributed by atoms with Gasteiger partial charge in [0.05, 0.1) is 19.2 Å². The van der Waals surface area contributed by atoms with Crippen molar-refractivity contribution >= 4 is 46.7 Å². The Morgan fingerprint density at radius 2 is 1.55 bits per heavy atom. The van der Waals surface area contributed by atoms with E-state index in [2.05, 4.69) is 26.2 Å². The third-order valence-corrected chi connectivity index (χ3v) is 12.1. The van der Waals surface area contributed by atoms with Gasteiger partial charge in [-0.25, -0.2) is 14.4 Å². The number of carbonyl (C=O) groups is 5. The van der Waals surface area contributed by atoms with Crippen LogP contribution >= 0.6 is 0 Å². The Morgan fingerprint density at radius 3 is 2.23 bits per heavy atom. The number of fused-ring (bicyclic) bond motifs is 2. The summed E-state index contributed by atoms with van der Waals surface area (Å²) in [5.74, 6) is -1.07. The Bertz CT molecular complexity index is 2040. The Hall–Kier alpha value is -5.42. The summed E-state index contributed by atoms with van der Waals surface area (Å²) in [7, 11) is 4.66. The van der Waals surface area contributed by atoms with E-state index in [0.29, 0.717) is 43.2 Å². The van der Waals surface area contributed by atoms with Crippen molar-refractivity contribution in [1.29, 1.82) is 0 Å². The minimum Gasteiger partial charge on any atom is -0.455 e. The summed E-state index contributed by atoms with van der Waals surface area (Å²) in [6.45, 7) is 10.6. The molecular formula is C43H60N8O9. The van der Waals surface area contributed by atoms with Gasteiger partial charge in [-0.1, -0.05) is 31.2 Å². The third-order valence-electron chi connectivity index (χ3n) is 12.1. The van der Waals surface area contributed by atoms with Gasteiger partial charge in [-0.05, 0) is 74.3 Å². The van der Waals surface area contributed by atoms with Crippen LogP contribution in [0.1, 0.15) is 49.3 Å². The van der Waals surface area contributed by atoms with E-state index in [9.17, 15) is 28.8 Å². The molecule has 60 heavy (non-hydrogen) atoms. The number of benzene rings is 2. The van der Waals surface area contributed by atoms with Crippen molar-refractivity contribution < 1.29 is 37.9 Å². The average Bonchev–Trinajstić information content (AvgIpc) is 3.55. The van der Waals surface area contributed by atoms with Crippen LogP contribution < -0.4 is 11.1 Å². The zero-order valence-corrected chi connectivity index (χ0v) is 35.6. The molecule has 4 aliphatic heterocycles. The van der Waals surface area contributed by atoms with E-state index >= 15 is 0 Å². The fraction of sp³-hybridized carbons (Fsp3) is 0.581. The van der Waals surface area contributed by atoms with Crippen LogP contribution in [0.4, 0.5) is 15.3 Å². The number of para-hydroxylation sites is 1. The van der Waals surface area contributed by atoms with Crippen molar-refractivity contribution in [2.24, 2.45) is 5.92 Å². The number of nitrogens with one attached hydrogen (secondary N) is 2. The molecule has 0 spiro atoms. The minimum atomic E-state index is -0.468. The lowest BCUT2D eigenvalue weighted by Crippen LogP contribution is -2.54. The lowest BCUT2D eigenvalue weighted by Gasteiger charge is -2.43. The standard InChI is InChI=1S/C27H39N5O6.C16H21N3O3/c1-18-13-20(15-22-25(18)28-27(36)38-22)14-19(2)26(35)32-7-5-21(6-8-32)31-11-9-30(10-12-31)16-24(34)37-17-23(33)29(3)4;1-22-16(21)18-9-7-13(8-10-18)19-11-6-12-4-2-3-5-14(12)17-15(19)20/h13,15,19,21H,5-12,14,16-17H2,1-4H3,(H,28,36);2-5,13H,6-11H2,1H3,(H,17,20)/t19-;/m1./s1. The number of aromatic amines is 1. The monoisotopic (exact) mass is 832 g/mol. The van der Waals surface area contributed by atoms with Crippen molar-refractivity contribution in [2.45, 2.75) is 64.5 Å². The number of ether oxygens (including phenoxy) is 2. The van der Waals surface area contributed by atoms with E-state index in [1.165, 1.54) is 17.6 Å². The first-order chi connectivity index (χ1) is 28.8. The SMILES string of the molecule is COC(=O)N1CCC(N2CCc3ccccc3NC2=O)CC1.Cc1cc(C[C@@H](C)C(=O)N2CCC(N3CCN(CC(=O)OCC(=O)N(C)C)CC3)CC2)cc2oc(=O)[nH]c12. The smallest absolute Gasteiger partial charge is 0.417 e. The number of anilines is 1. The summed E-state index contributed by atoms with van der Waals surface area (Å²) >= 11 is 0. The molecule has 3 saturated heterocycles. The number of piperidine rings is 2. The molecule has 17 heteroatoms. The number of aryl methyl sites for hydroxylation is 1. The molecule has 2 N–H and O–H groups in total. The van der Waals surface area contributed by atoms with Crippen molar-refractivity contribution in [3.63, 3.8) is 0 Å². The molecule has 0 saturated carbocycles. The highest BCUT2D eigenvalue weighted by Crippen LogP contribution is 2.26. The molecular weight excluding hydrogens is 773 g/mol. The Balaban J connectivity index is 0.000000232. The first-order valence-electron chi connectivity index (χ1n) is 21.0. The van der Waals surface area contributed by atoms with Gasteiger partial charge in [0.1, 0.15) is 0 Å². The van der Waals surface area contributed by atoms with Crippen LogP contribution in [-0.4, -0.2) is 170 Å². The number of esters is 1. The third kappa shape index (κ3) is 11.2. The molecule has 3 aromatic rings. The lowest BCUT2D eigenvalue weighted by atomic mass is 9.96. The highest BCUT2D eigenvalue weighted by Gasteiger charge is 2.33. The summed E-state index contributed by atoms with van der Waals surface area (Å²) in [6, 6.07) is 12.3. The van der Waals surface area contributed by atoms with Gasteiger partial charge in [-0.3, -0.25) is 29.2 Å². The second-order valence-electron chi connectivity index (χ2n) is 16.4. The summed E-state index contributed by atoms with van der Waals surface area (Å²) in [4.78, 5) is 86.6. The topological polar surface area (TPSA) is 181 Å². The average molecular weight is 833 g/mol. The van der Waals surface area contributed by atoms with E-state index < -0.39 is 5.76 Å². The highest BCUT2D eigenvalue weighted by atomic mass is 16.5. The fourth-order valence-corrected chi connectivity index (χ4v) is 8.63. The van der Waals surface area contributed by atoms with Gasteiger partial charge in [-0.2, -0.15) is 0 Å². The van der Waals surface area contributed by atoms with Crippen LogP contribution in [0.15, 0.2) is 45.6 Å². The van der Waals surface area contributed by atoms with Crippen LogP contribution in [-0.2, 0) is 36.7 Å². The first kappa shape index (κ1) is 44.1. The molecule has 0 bridgehead atoms. The summed E-state index contributed by atoms with van der Waals surface area (Å²) < 4.78 is 15.1. The number of carbonyl (C=O) groups excluding carboxylic acids is 5. The van der Waals surface area contributed by atoms with Crippen molar-refractivity contribution in [2.75, 3.05) is 98.6 Å². The molecule has 4 aliphatic rings. The quantitative estimate of drug-likeness (QED) is 0.303. The Morgan fingerprint density at radius 1 is 0.883 bits per heavy atom. The van der Waals surface area contributed by atoms with Gasteiger partial charge < -0.3 is 38.8 Å². The molecule has 5 heterocycles. The molecule has 2 aromatic carbocycles. The van der Waals surface area contributed by atoms with Crippen LogP contribution in [0.25, 0.3) is 11.1 Å². The molecule has 3 fully saturated rings. The second-order valence-corrected chi connectivity index (χ2v) is 16.4. The van der Waals surface area contributed by atoms with Gasteiger partial charge in [0.2, 0.25) is 5.91 Å². The number of amides is 5. The summed E-state index contributed by atoms with van der Waals surface area (Å²) in [5, 5.41) is 3.00. The number of piperazine rings is 1. The highest BCUT2D eigenvalue weighted by molar-refractivity contribution is 5.91. The molecule has 326 valence electrons. The fourth-order valence-electron chi connectivity index (χ4n) is 8.63. The molecule has 17 nitrogen and oxygen atoms in total. The molecule has 7 rings (SSSR count). The zero-order valence-electron chi connectivity index (χ0n) is 35.6. The van der Waals surface area contributed by atoms with E-state index in [1.54, 1.807) is 19.0 Å². The molecule has 1 aromatic heterocycles. The number of urea groups is 1. The van der Waals surface area contributed by atoms with E-state index in [1.807, 2.05) is 54.0 Å². The van der Waals surface area contributed by atoms with Crippen LogP contribution in [0.3, 0.4) is 0 Å². The Kier molecular flexibility index (Phi) is 14.9. The van der Waals surface area contributed by atoms with Gasteiger partial charge in [0.15, 0.2) is 12.2 Å². The molecule has 1 atom stereocenters. The van der Waals surface area contributed by atoms with Gasteiger partial charge in [0.25, 0.3) is 5.91 Å². The van der Waals surface area contributed by atoms with Crippen LogP contribution in [0.2, 0.25) is 0 Å². The number of hydrogen-bond donors (Lipinski definition) is 2. The number of H-pyrrole nitrogens is 1. The maximum absolute atomic E-state index is 13.2. The summed E-state index contributed by atoms with van der Waals surface area (Å²) in [5.41, 5.74) is 5.23. The van der Waals surface area contributed by atoms with Crippen molar-refractivity contribution in [3.8, 4) is 0 Å². The van der Waals surface area contributed by atoms with E-state index in [0.717, 1.165) is 88.2 Å². The normalized spacial score (nSPS) is 18.8. The number of rotatable bonds is 9. The predicted molar refractivity (Wildman–Crippen MR) is 225 cm³/mol. The van der Waals surface area contributed by atoms with Crippen molar-refractivity contribution in [3.05, 3.63) is 63.6 Å². The molecule has 0 radical (unpaired) electrons. The number of methoxy groups -OCH3 is 1. The van der Waals surface area contributed by atoms with Crippen LogP contribution in [0, 0.1) is 12.8 Å². The number of aromatic nitrogens is 1. The van der Waals surface area contributed by atoms with Gasteiger partial charge >= 0.3 is 23.8 Å². The Labute approximate surface area is 350 Å². The maximum Gasteiger partial charge on any atom is 0.417 e. The van der Waals surface area contributed by atoms with Crippen molar-refractivity contribution in [1.82, 2.24) is 34.4 Å². The van der Waals surface area contributed by atoms with E-state index in [4.69, 9.17) is 13.9 Å². The number of likely N-dealkylation sites (tertiary alicyclic amines) is 2. The molecule has 0 unspecified atom stereocenters. The number of likely N-dealkylation sites (N-methyl/N-ethyl adjacent to an activating group) is 1. The van der Waals surface area contributed by atoms with Gasteiger partial charge in [0, 0.05) is 96.7 Å². The summed E-state index contributed by atoms with van der Waals surface area (Å²) in [6.07, 6.45) is 4.62. The minimum absolute atomic E-state index is 0.0403. The van der Waals surface area contributed by atoms with E-state index in [-0.39, 0.29) is 55.0 Å². The lowest BCUT2D eigenvalue weighted by molar-refractivity contribution is -0.152.